The van der Waals surface area contributed by atoms with E-state index in [4.69, 9.17) is 4.74 Å². The number of carbonyl (C=O) groups is 2. The first-order chi connectivity index (χ1) is 13.6. The average Bonchev–Trinajstić information content (AvgIpc) is 2.73. The molecule has 0 spiro atoms. The number of ether oxygens (including phenoxy) is 1. The first-order valence-corrected chi connectivity index (χ1v) is 9.73. The normalized spacial score (nSPS) is 16.7. The predicted octanol–water partition coefficient (Wildman–Crippen LogP) is 4.51. The fraction of sp³-hybridized carbons (Fsp3) is 0.391. The third-order valence-corrected chi connectivity index (χ3v) is 4.65. The molecule has 1 N–H and O–H groups in total. The van der Waals surface area contributed by atoms with Crippen LogP contribution in [-0.2, 0) is 22.7 Å². The van der Waals surface area contributed by atoms with E-state index in [-0.39, 0.29) is 23.0 Å². The molecule has 2 amide bonds. The lowest BCUT2D eigenvalue weighted by molar-refractivity contribution is -0.138. The van der Waals surface area contributed by atoms with Gasteiger partial charge in [-0.3, -0.25) is 9.59 Å². The third kappa shape index (κ3) is 5.56. The molecule has 1 heterocycles. The van der Waals surface area contributed by atoms with Gasteiger partial charge in [0, 0.05) is 30.8 Å². The summed E-state index contributed by atoms with van der Waals surface area (Å²) in [4.78, 5) is 26.7. The van der Waals surface area contributed by atoms with Crippen LogP contribution in [0.4, 0.5) is 10.1 Å². The van der Waals surface area contributed by atoms with E-state index in [1.807, 2.05) is 26.8 Å². The van der Waals surface area contributed by atoms with Crippen LogP contribution in [0.15, 0.2) is 42.5 Å². The molecule has 0 saturated heterocycles. The highest BCUT2D eigenvalue weighted by atomic mass is 19.1. The number of carbonyl (C=O) groups excluding carboxylic acids is 2. The van der Waals surface area contributed by atoms with Crippen LogP contribution in [0.1, 0.15) is 45.2 Å². The summed E-state index contributed by atoms with van der Waals surface area (Å²) in [6.07, 6.45) is -0.217. The summed E-state index contributed by atoms with van der Waals surface area (Å²) in [7, 11) is 0. The van der Waals surface area contributed by atoms with Crippen LogP contribution in [0.25, 0.3) is 0 Å². The van der Waals surface area contributed by atoms with Crippen molar-refractivity contribution >= 4 is 17.5 Å². The summed E-state index contributed by atoms with van der Waals surface area (Å²) in [6, 6.07) is 11.5. The van der Waals surface area contributed by atoms with E-state index in [1.54, 1.807) is 36.1 Å². The molecular weight excluding hydrogens is 371 g/mol. The number of hydrogen-bond acceptors (Lipinski definition) is 3. The first-order valence-electron chi connectivity index (χ1n) is 9.73. The van der Waals surface area contributed by atoms with Gasteiger partial charge in [0.05, 0.1) is 0 Å². The topological polar surface area (TPSA) is 58.6 Å². The predicted molar refractivity (Wildman–Crippen MR) is 110 cm³/mol. The molecule has 1 aliphatic rings. The van der Waals surface area contributed by atoms with E-state index in [0.717, 1.165) is 11.1 Å². The Morgan fingerprint density at radius 2 is 1.90 bits per heavy atom. The van der Waals surface area contributed by atoms with E-state index in [0.29, 0.717) is 30.9 Å². The number of hydrogen-bond donors (Lipinski definition) is 1. The number of halogens is 1. The Balaban J connectivity index is 1.80. The zero-order chi connectivity index (χ0) is 21.2. The van der Waals surface area contributed by atoms with E-state index in [9.17, 15) is 14.0 Å². The van der Waals surface area contributed by atoms with Crippen molar-refractivity contribution in [2.24, 2.45) is 5.41 Å². The molecular formula is C23H27FN2O3. The Bertz CT molecular complexity index is 903. The average molecular weight is 398 g/mol. The van der Waals surface area contributed by atoms with E-state index in [1.165, 1.54) is 12.1 Å². The summed E-state index contributed by atoms with van der Waals surface area (Å²) < 4.78 is 19.0. The molecule has 0 saturated carbocycles. The van der Waals surface area contributed by atoms with Crippen molar-refractivity contribution in [3.63, 3.8) is 0 Å². The molecule has 154 valence electrons. The zero-order valence-corrected chi connectivity index (χ0v) is 17.3. The standard InChI is InChI=1S/C23H27FN2O3/c1-15-22(28)26(13-16-5-7-18(24)8-6-16)14-17-11-19(9-10-20(17)29-15)25-21(27)12-23(2,3)4/h5-11,15H,12-14H2,1-4H3,(H,25,27). The highest BCUT2D eigenvalue weighted by Crippen LogP contribution is 2.30. The second kappa shape index (κ2) is 8.23. The maximum atomic E-state index is 13.2. The lowest BCUT2D eigenvalue weighted by Gasteiger charge is -2.22. The zero-order valence-electron chi connectivity index (χ0n) is 17.3. The van der Waals surface area contributed by atoms with Gasteiger partial charge in [0.2, 0.25) is 5.91 Å². The number of benzene rings is 2. The largest absolute Gasteiger partial charge is 0.481 e. The van der Waals surface area contributed by atoms with Crippen molar-refractivity contribution in [2.75, 3.05) is 5.32 Å². The Morgan fingerprint density at radius 1 is 1.21 bits per heavy atom. The van der Waals surface area contributed by atoms with Gasteiger partial charge >= 0.3 is 0 Å². The van der Waals surface area contributed by atoms with Crippen LogP contribution in [0.5, 0.6) is 5.75 Å². The molecule has 5 nitrogen and oxygen atoms in total. The summed E-state index contributed by atoms with van der Waals surface area (Å²) >= 11 is 0. The summed E-state index contributed by atoms with van der Waals surface area (Å²) in [5, 5.41) is 2.92. The minimum absolute atomic E-state index is 0.0559. The second-order valence-corrected chi connectivity index (χ2v) is 8.69. The molecule has 1 atom stereocenters. The Kier molecular flexibility index (Phi) is 5.91. The summed E-state index contributed by atoms with van der Waals surface area (Å²) in [6.45, 7) is 8.45. The number of fused-ring (bicyclic) bond motifs is 1. The molecule has 2 aromatic rings. The van der Waals surface area contributed by atoms with Gasteiger partial charge in [-0.25, -0.2) is 4.39 Å². The van der Waals surface area contributed by atoms with Gasteiger partial charge in [0.15, 0.2) is 6.10 Å². The molecule has 29 heavy (non-hydrogen) atoms. The highest BCUT2D eigenvalue weighted by molar-refractivity contribution is 5.91. The van der Waals surface area contributed by atoms with Gasteiger partial charge in [-0.05, 0) is 48.2 Å². The van der Waals surface area contributed by atoms with Crippen LogP contribution < -0.4 is 10.1 Å². The minimum atomic E-state index is -0.627. The molecule has 6 heteroatoms. The molecule has 2 aromatic carbocycles. The van der Waals surface area contributed by atoms with Crippen LogP contribution in [-0.4, -0.2) is 22.8 Å². The van der Waals surface area contributed by atoms with Crippen molar-refractivity contribution in [3.05, 3.63) is 59.4 Å². The quantitative estimate of drug-likeness (QED) is 0.824. The molecule has 0 aliphatic carbocycles. The van der Waals surface area contributed by atoms with Gasteiger partial charge in [0.25, 0.3) is 5.91 Å². The molecule has 1 unspecified atom stereocenters. The molecule has 0 fully saturated rings. The lowest BCUT2D eigenvalue weighted by atomic mass is 9.92. The molecule has 0 bridgehead atoms. The summed E-state index contributed by atoms with van der Waals surface area (Å²) in [5.41, 5.74) is 2.22. The van der Waals surface area contributed by atoms with E-state index < -0.39 is 6.10 Å². The number of amides is 2. The Morgan fingerprint density at radius 3 is 2.55 bits per heavy atom. The van der Waals surface area contributed by atoms with Gasteiger partial charge in [-0.1, -0.05) is 32.9 Å². The van der Waals surface area contributed by atoms with Crippen LogP contribution >= 0.6 is 0 Å². The van der Waals surface area contributed by atoms with Crippen molar-refractivity contribution < 1.29 is 18.7 Å². The number of rotatable bonds is 4. The van der Waals surface area contributed by atoms with Gasteiger partial charge < -0.3 is 15.0 Å². The van der Waals surface area contributed by atoms with Crippen molar-refractivity contribution in [3.8, 4) is 5.75 Å². The summed E-state index contributed by atoms with van der Waals surface area (Å²) in [5.74, 6) is 0.123. The van der Waals surface area contributed by atoms with Crippen molar-refractivity contribution in [1.82, 2.24) is 4.90 Å². The maximum absolute atomic E-state index is 13.2. The van der Waals surface area contributed by atoms with E-state index in [2.05, 4.69) is 5.32 Å². The van der Waals surface area contributed by atoms with Crippen LogP contribution in [0.2, 0.25) is 0 Å². The Hall–Kier alpha value is -2.89. The smallest absolute Gasteiger partial charge is 0.263 e. The maximum Gasteiger partial charge on any atom is 0.263 e. The lowest BCUT2D eigenvalue weighted by Crippen LogP contribution is -2.37. The number of anilines is 1. The molecule has 3 rings (SSSR count). The number of nitrogens with one attached hydrogen (secondary N) is 1. The van der Waals surface area contributed by atoms with Crippen LogP contribution in [0.3, 0.4) is 0 Å². The Labute approximate surface area is 170 Å². The minimum Gasteiger partial charge on any atom is -0.481 e. The van der Waals surface area contributed by atoms with Gasteiger partial charge in [0.1, 0.15) is 11.6 Å². The van der Waals surface area contributed by atoms with Crippen molar-refractivity contribution in [2.45, 2.75) is 53.3 Å². The molecule has 1 aliphatic heterocycles. The third-order valence-electron chi connectivity index (χ3n) is 4.65. The first kappa shape index (κ1) is 20.8. The monoisotopic (exact) mass is 398 g/mol. The fourth-order valence-corrected chi connectivity index (χ4v) is 3.31. The van der Waals surface area contributed by atoms with E-state index >= 15 is 0 Å². The molecule has 0 radical (unpaired) electrons. The van der Waals surface area contributed by atoms with Crippen LogP contribution in [0, 0.1) is 11.2 Å². The SMILES string of the molecule is CC1Oc2ccc(NC(=O)CC(C)(C)C)cc2CN(Cc2ccc(F)cc2)C1=O. The van der Waals surface area contributed by atoms with Gasteiger partial charge in [-0.2, -0.15) is 0 Å². The second-order valence-electron chi connectivity index (χ2n) is 8.69. The highest BCUT2D eigenvalue weighted by Gasteiger charge is 2.28. The van der Waals surface area contributed by atoms with Crippen molar-refractivity contribution in [1.29, 1.82) is 0 Å². The number of nitrogens with zero attached hydrogens (tertiary/aromatic N) is 1. The fourth-order valence-electron chi connectivity index (χ4n) is 3.31. The molecule has 0 aromatic heterocycles. The van der Waals surface area contributed by atoms with Gasteiger partial charge in [-0.15, -0.1) is 0 Å².